The molecule has 18 nitrogen and oxygen atoms in total. The number of carbonyl (C=O) groups excluding carboxylic acids is 4. The molecule has 1 heterocycles. The smallest absolute Gasteiger partial charge is 0.303 e. The molecular formula is C20H23N3O15S. The van der Waals surface area contributed by atoms with Gasteiger partial charge in [0.25, 0.3) is 11.4 Å². The maximum atomic E-state index is 13.2. The van der Waals surface area contributed by atoms with Crippen LogP contribution in [0.3, 0.4) is 0 Å². The Balaban J connectivity index is 2.62. The standard InChI is InChI=1S/C20H23N3O15S/c1-9(24)34-8-15-17(35-10(2)25)18(36-11(3)26)19(37-12(4)27)20(38-15)21-39(32,33)16-6-5-13(22(28)29)7-14(16)23(30)31/h5-7,15,17-21H,8H2,1-4H3/t15?,17-,18+,19?,20-/m1/s1. The van der Waals surface area contributed by atoms with Crippen LogP contribution < -0.4 is 4.72 Å². The lowest BCUT2D eigenvalue weighted by atomic mass is 9.97. The van der Waals surface area contributed by atoms with E-state index in [1.807, 2.05) is 4.72 Å². The second-order valence-electron chi connectivity index (χ2n) is 7.91. The molecule has 214 valence electrons. The molecule has 5 atom stereocenters. The van der Waals surface area contributed by atoms with Crippen LogP contribution in [-0.4, -0.2) is 79.4 Å². The van der Waals surface area contributed by atoms with Gasteiger partial charge in [-0.25, -0.2) is 8.42 Å². The third kappa shape index (κ3) is 8.12. The topological polar surface area (TPSA) is 247 Å². The van der Waals surface area contributed by atoms with Crippen molar-refractivity contribution in [1.29, 1.82) is 0 Å². The van der Waals surface area contributed by atoms with Crippen molar-refractivity contribution in [2.45, 2.75) is 63.2 Å². The first-order valence-corrected chi connectivity index (χ1v) is 12.3. The second kappa shape index (κ2) is 12.5. The normalized spacial score (nSPS) is 22.7. The van der Waals surface area contributed by atoms with Gasteiger partial charge in [-0.1, -0.05) is 0 Å². The number of esters is 4. The van der Waals surface area contributed by atoms with Crippen LogP contribution >= 0.6 is 0 Å². The zero-order valence-electron chi connectivity index (χ0n) is 20.8. The van der Waals surface area contributed by atoms with Crippen LogP contribution in [0.25, 0.3) is 0 Å². The van der Waals surface area contributed by atoms with Crippen LogP contribution in [-0.2, 0) is 52.9 Å². The molecule has 0 radical (unpaired) electrons. The molecule has 1 fully saturated rings. The van der Waals surface area contributed by atoms with Crippen molar-refractivity contribution in [3.05, 3.63) is 38.4 Å². The van der Waals surface area contributed by atoms with Crippen molar-refractivity contribution in [2.75, 3.05) is 6.61 Å². The summed E-state index contributed by atoms with van der Waals surface area (Å²) in [6, 6.07) is 1.72. The molecule has 1 aliphatic rings. The third-order valence-corrected chi connectivity index (χ3v) is 6.37. The van der Waals surface area contributed by atoms with Gasteiger partial charge in [0, 0.05) is 33.8 Å². The van der Waals surface area contributed by atoms with Gasteiger partial charge in [-0.05, 0) is 6.07 Å². The molecular weight excluding hydrogens is 554 g/mol. The van der Waals surface area contributed by atoms with Gasteiger partial charge in [-0.2, -0.15) is 4.72 Å². The minimum Gasteiger partial charge on any atom is -0.463 e. The lowest BCUT2D eigenvalue weighted by molar-refractivity contribution is -0.396. The van der Waals surface area contributed by atoms with E-state index in [1.165, 1.54) is 0 Å². The fourth-order valence-corrected chi connectivity index (χ4v) is 4.81. The summed E-state index contributed by atoms with van der Waals surface area (Å²) in [7, 11) is -4.98. The molecule has 1 N–H and O–H groups in total. The maximum absolute atomic E-state index is 13.2. The second-order valence-corrected chi connectivity index (χ2v) is 9.59. The fourth-order valence-electron chi connectivity index (χ4n) is 3.53. The van der Waals surface area contributed by atoms with E-state index >= 15 is 0 Å². The number of nitro groups is 2. The van der Waals surface area contributed by atoms with Crippen LogP contribution in [0.5, 0.6) is 0 Å². The van der Waals surface area contributed by atoms with Crippen LogP contribution in [0.15, 0.2) is 23.1 Å². The molecule has 2 rings (SSSR count). The van der Waals surface area contributed by atoms with Crippen molar-refractivity contribution >= 4 is 45.3 Å². The molecule has 19 heteroatoms. The number of ether oxygens (including phenoxy) is 5. The largest absolute Gasteiger partial charge is 0.463 e. The van der Waals surface area contributed by atoms with Gasteiger partial charge < -0.3 is 23.7 Å². The third-order valence-electron chi connectivity index (χ3n) is 4.90. The van der Waals surface area contributed by atoms with E-state index in [4.69, 9.17) is 23.7 Å². The molecule has 0 spiro atoms. The predicted octanol–water partition coefficient (Wildman–Crippen LogP) is -0.136. The number of carbonyl (C=O) groups is 4. The van der Waals surface area contributed by atoms with Crippen LogP contribution in [0.2, 0.25) is 0 Å². The van der Waals surface area contributed by atoms with E-state index in [0.29, 0.717) is 18.2 Å². The summed E-state index contributed by atoms with van der Waals surface area (Å²) < 4.78 is 54.3. The number of hydrogen-bond donors (Lipinski definition) is 1. The van der Waals surface area contributed by atoms with E-state index < -0.39 is 97.3 Å². The number of nitrogens with one attached hydrogen (secondary N) is 1. The lowest BCUT2D eigenvalue weighted by Crippen LogP contribution is -2.66. The average molecular weight is 577 g/mol. The highest BCUT2D eigenvalue weighted by molar-refractivity contribution is 7.89. The fraction of sp³-hybridized carbons (Fsp3) is 0.500. The van der Waals surface area contributed by atoms with Gasteiger partial charge >= 0.3 is 23.9 Å². The quantitative estimate of drug-likeness (QED) is 0.164. The lowest BCUT2D eigenvalue weighted by Gasteiger charge is -2.44. The molecule has 0 amide bonds. The Labute approximate surface area is 219 Å². The Morgan fingerprint density at radius 3 is 1.90 bits per heavy atom. The Morgan fingerprint density at radius 1 is 0.872 bits per heavy atom. The Morgan fingerprint density at radius 2 is 1.41 bits per heavy atom. The van der Waals surface area contributed by atoms with Crippen molar-refractivity contribution in [3.63, 3.8) is 0 Å². The van der Waals surface area contributed by atoms with Gasteiger partial charge in [-0.3, -0.25) is 39.4 Å². The molecule has 1 aliphatic heterocycles. The average Bonchev–Trinajstić information content (AvgIpc) is 2.80. The molecule has 0 aromatic heterocycles. The van der Waals surface area contributed by atoms with Crippen LogP contribution in [0, 0.1) is 20.2 Å². The number of benzene rings is 1. The first-order chi connectivity index (χ1) is 18.0. The summed E-state index contributed by atoms with van der Waals surface area (Å²) in [5.74, 6) is -3.73. The van der Waals surface area contributed by atoms with E-state index in [-0.39, 0.29) is 0 Å². The molecule has 1 aromatic carbocycles. The zero-order chi connectivity index (χ0) is 29.7. The van der Waals surface area contributed by atoms with Crippen molar-refractivity contribution in [1.82, 2.24) is 4.72 Å². The number of non-ortho nitro benzene ring substituents is 1. The molecule has 39 heavy (non-hydrogen) atoms. The summed E-state index contributed by atoms with van der Waals surface area (Å²) in [6.07, 6.45) is -8.61. The molecule has 2 unspecified atom stereocenters. The monoisotopic (exact) mass is 577 g/mol. The first-order valence-electron chi connectivity index (χ1n) is 10.8. The highest BCUT2D eigenvalue weighted by atomic mass is 32.2. The summed E-state index contributed by atoms with van der Waals surface area (Å²) in [4.78, 5) is 66.2. The number of nitrogens with zero attached hydrogens (tertiary/aromatic N) is 2. The van der Waals surface area contributed by atoms with E-state index in [2.05, 4.69) is 0 Å². The minimum absolute atomic E-state index is 0.418. The van der Waals surface area contributed by atoms with Crippen molar-refractivity contribution in [2.24, 2.45) is 0 Å². The van der Waals surface area contributed by atoms with E-state index in [9.17, 15) is 47.8 Å². The number of nitro benzene ring substituents is 2. The Hall–Kier alpha value is -4.23. The Kier molecular flexibility index (Phi) is 9.97. The summed E-state index contributed by atoms with van der Waals surface area (Å²) in [6.45, 7) is 3.22. The summed E-state index contributed by atoms with van der Waals surface area (Å²) in [5, 5.41) is 22.5. The first kappa shape index (κ1) is 31.0. The van der Waals surface area contributed by atoms with Gasteiger partial charge in [0.15, 0.2) is 29.4 Å². The maximum Gasteiger partial charge on any atom is 0.303 e. The van der Waals surface area contributed by atoms with Crippen LogP contribution in [0.4, 0.5) is 11.4 Å². The Bertz CT molecular complexity index is 1280. The van der Waals surface area contributed by atoms with Crippen LogP contribution in [0.1, 0.15) is 27.7 Å². The van der Waals surface area contributed by atoms with E-state index in [0.717, 1.165) is 27.7 Å². The molecule has 0 bridgehead atoms. The molecule has 0 aliphatic carbocycles. The number of sulfonamides is 1. The molecule has 1 aromatic rings. The van der Waals surface area contributed by atoms with Gasteiger partial charge in [0.2, 0.25) is 10.0 Å². The number of hydrogen-bond acceptors (Lipinski definition) is 15. The SMILES string of the molecule is CC(=O)OCC1O[C@@H](NS(=O)(=O)c2ccc([N+](=O)[O-])cc2[N+](=O)[O-])C(OC(C)=O)[C@@H](OC(C)=O)[C@@H]1OC(C)=O. The van der Waals surface area contributed by atoms with Gasteiger partial charge in [-0.15, -0.1) is 0 Å². The predicted molar refractivity (Wildman–Crippen MR) is 122 cm³/mol. The van der Waals surface area contributed by atoms with Gasteiger partial charge in [0.1, 0.15) is 12.7 Å². The van der Waals surface area contributed by atoms with Crippen molar-refractivity contribution < 1.29 is 61.1 Å². The van der Waals surface area contributed by atoms with E-state index in [1.54, 1.807) is 0 Å². The summed E-state index contributed by atoms with van der Waals surface area (Å²) in [5.41, 5.74) is -1.93. The summed E-state index contributed by atoms with van der Waals surface area (Å²) >= 11 is 0. The minimum atomic E-state index is -4.98. The van der Waals surface area contributed by atoms with Gasteiger partial charge in [0.05, 0.1) is 15.9 Å². The molecule has 0 saturated carbocycles. The number of rotatable bonds is 10. The highest BCUT2D eigenvalue weighted by Crippen LogP contribution is 2.32. The zero-order valence-corrected chi connectivity index (χ0v) is 21.6. The van der Waals surface area contributed by atoms with Crippen molar-refractivity contribution in [3.8, 4) is 0 Å². The molecule has 1 saturated heterocycles. The highest BCUT2D eigenvalue weighted by Gasteiger charge is 2.53.